The topological polar surface area (TPSA) is 97.4 Å². The van der Waals surface area contributed by atoms with Gasteiger partial charge in [-0.1, -0.05) is 11.6 Å². The van der Waals surface area contributed by atoms with Crippen LogP contribution in [0.1, 0.15) is 31.2 Å². The van der Waals surface area contributed by atoms with Gasteiger partial charge in [-0.3, -0.25) is 4.79 Å². The molecular weight excluding hydrogens is 409 g/mol. The van der Waals surface area contributed by atoms with Gasteiger partial charge in [0, 0.05) is 40.6 Å². The number of hydrogen-bond acceptors (Lipinski definition) is 5. The molecule has 2 bridgehead atoms. The summed E-state index contributed by atoms with van der Waals surface area (Å²) >= 11 is 5.70. The number of fused-ring (bicyclic) bond motifs is 1. The van der Waals surface area contributed by atoms with Crippen molar-refractivity contribution < 1.29 is 18.7 Å². The second-order valence-electron chi connectivity index (χ2n) is 8.27. The Morgan fingerprint density at radius 2 is 1.93 bits per heavy atom. The molecule has 8 heteroatoms. The average molecular weight is 432 g/mol. The van der Waals surface area contributed by atoms with E-state index in [1.165, 1.54) is 18.3 Å². The minimum absolute atomic E-state index is 0.0152. The molecule has 0 aromatic heterocycles. The first-order chi connectivity index (χ1) is 14.3. The number of carbonyl (C=O) groups is 1. The first-order valence-electron chi connectivity index (χ1n) is 9.74. The van der Waals surface area contributed by atoms with Crippen LogP contribution in [-0.2, 0) is 4.79 Å². The van der Waals surface area contributed by atoms with Crippen molar-refractivity contribution >= 4 is 29.4 Å². The highest BCUT2D eigenvalue weighted by Gasteiger charge is 2.61. The van der Waals surface area contributed by atoms with Crippen molar-refractivity contribution in [2.75, 3.05) is 18.9 Å². The zero-order chi connectivity index (χ0) is 21.4. The van der Waals surface area contributed by atoms with E-state index in [0.29, 0.717) is 29.4 Å². The van der Waals surface area contributed by atoms with Crippen LogP contribution < -0.4 is 20.5 Å². The number of halogens is 2. The minimum Gasteiger partial charge on any atom is -0.493 e. The molecule has 3 saturated carbocycles. The SMILES string of the molecule is N=Cc1ccc(OCC(=O)NC23CCC(COc4ccc(Cl)c(F)c4)(C2)C3)cc1N. The molecule has 0 heterocycles. The first kappa shape index (κ1) is 20.5. The highest BCUT2D eigenvalue weighted by molar-refractivity contribution is 6.30. The summed E-state index contributed by atoms with van der Waals surface area (Å²) in [7, 11) is 0. The van der Waals surface area contributed by atoms with Crippen LogP contribution in [0.25, 0.3) is 0 Å². The van der Waals surface area contributed by atoms with Crippen LogP contribution in [-0.4, -0.2) is 30.9 Å². The Morgan fingerprint density at radius 1 is 1.20 bits per heavy atom. The molecule has 3 aliphatic rings. The van der Waals surface area contributed by atoms with E-state index in [1.54, 1.807) is 24.3 Å². The quantitative estimate of drug-likeness (QED) is 0.435. The average Bonchev–Trinajstić information content (AvgIpc) is 3.23. The molecule has 1 amide bonds. The summed E-state index contributed by atoms with van der Waals surface area (Å²) in [6, 6.07) is 9.40. The largest absolute Gasteiger partial charge is 0.493 e. The zero-order valence-corrected chi connectivity index (χ0v) is 17.1. The van der Waals surface area contributed by atoms with Gasteiger partial charge in [0.1, 0.15) is 17.3 Å². The molecule has 4 N–H and O–H groups in total. The zero-order valence-electron chi connectivity index (χ0n) is 16.3. The fourth-order valence-electron chi connectivity index (χ4n) is 4.62. The molecule has 0 radical (unpaired) electrons. The van der Waals surface area contributed by atoms with Crippen LogP contribution in [0.5, 0.6) is 11.5 Å². The summed E-state index contributed by atoms with van der Waals surface area (Å²) in [6.45, 7) is 0.388. The molecule has 0 atom stereocenters. The van der Waals surface area contributed by atoms with E-state index in [1.807, 2.05) is 0 Å². The molecule has 30 heavy (non-hydrogen) atoms. The predicted octanol–water partition coefficient (Wildman–Crippen LogP) is 3.95. The Morgan fingerprint density at radius 3 is 2.63 bits per heavy atom. The van der Waals surface area contributed by atoms with Gasteiger partial charge in [-0.05, 0) is 49.9 Å². The van der Waals surface area contributed by atoms with Gasteiger partial charge in [-0.15, -0.1) is 0 Å². The number of anilines is 1. The molecule has 5 rings (SSSR count). The summed E-state index contributed by atoms with van der Waals surface area (Å²) in [5.41, 5.74) is 6.67. The van der Waals surface area contributed by atoms with Gasteiger partial charge in [0.05, 0.1) is 11.6 Å². The van der Waals surface area contributed by atoms with E-state index in [9.17, 15) is 9.18 Å². The third-order valence-electron chi connectivity index (χ3n) is 5.99. The molecule has 3 fully saturated rings. The lowest BCUT2D eigenvalue weighted by Gasteiger charge is -2.47. The minimum atomic E-state index is -0.498. The van der Waals surface area contributed by atoms with E-state index in [2.05, 4.69) is 5.32 Å². The van der Waals surface area contributed by atoms with Crippen LogP contribution >= 0.6 is 11.6 Å². The van der Waals surface area contributed by atoms with Crippen molar-refractivity contribution in [2.45, 2.75) is 31.2 Å². The smallest absolute Gasteiger partial charge is 0.258 e. The van der Waals surface area contributed by atoms with Crippen LogP contribution in [0.15, 0.2) is 36.4 Å². The second kappa shape index (κ2) is 7.80. The summed E-state index contributed by atoms with van der Waals surface area (Å²) < 4.78 is 24.9. The van der Waals surface area contributed by atoms with Crippen molar-refractivity contribution in [2.24, 2.45) is 5.41 Å². The number of nitrogen functional groups attached to an aromatic ring is 1. The number of carbonyl (C=O) groups excluding carboxylic acids is 1. The number of benzene rings is 2. The van der Waals surface area contributed by atoms with E-state index in [0.717, 1.165) is 25.7 Å². The molecule has 0 aliphatic heterocycles. The lowest BCUT2D eigenvalue weighted by molar-refractivity contribution is -0.127. The van der Waals surface area contributed by atoms with Crippen LogP contribution in [0, 0.1) is 16.6 Å². The van der Waals surface area contributed by atoms with Crippen molar-refractivity contribution in [3.8, 4) is 11.5 Å². The van der Waals surface area contributed by atoms with Gasteiger partial charge in [0.15, 0.2) is 6.61 Å². The summed E-state index contributed by atoms with van der Waals surface area (Å²) in [5.74, 6) is 0.272. The van der Waals surface area contributed by atoms with Gasteiger partial charge in [-0.2, -0.15) is 0 Å². The Labute approximate surface area is 179 Å². The molecule has 158 valence electrons. The standard InChI is InChI=1S/C22H23ClFN3O3/c23-17-4-3-15(7-18(17)24)30-13-21-5-6-22(11-21,12-21)27-20(28)10-29-16-2-1-14(9-25)19(26)8-16/h1-4,7-9,25H,5-6,10-13,26H2,(H,27,28). The number of rotatable bonds is 8. The van der Waals surface area contributed by atoms with Crippen LogP contribution in [0.3, 0.4) is 0 Å². The maximum absolute atomic E-state index is 13.6. The number of ether oxygens (including phenoxy) is 2. The van der Waals surface area contributed by atoms with Crippen LogP contribution in [0.2, 0.25) is 5.02 Å². The molecule has 2 aromatic rings. The third-order valence-corrected chi connectivity index (χ3v) is 6.29. The van der Waals surface area contributed by atoms with E-state index >= 15 is 0 Å². The Bertz CT molecular complexity index is 992. The number of nitrogens with one attached hydrogen (secondary N) is 2. The lowest BCUT2D eigenvalue weighted by Crippen LogP contribution is -2.57. The van der Waals surface area contributed by atoms with E-state index < -0.39 is 5.82 Å². The highest BCUT2D eigenvalue weighted by atomic mass is 35.5. The van der Waals surface area contributed by atoms with Crippen molar-refractivity contribution in [3.05, 3.63) is 52.8 Å². The molecule has 2 aromatic carbocycles. The second-order valence-corrected chi connectivity index (χ2v) is 8.68. The normalized spacial score (nSPS) is 24.1. The van der Waals surface area contributed by atoms with E-state index in [4.69, 9.17) is 32.2 Å². The van der Waals surface area contributed by atoms with Crippen molar-refractivity contribution in [1.82, 2.24) is 5.32 Å². The molecule has 3 aliphatic carbocycles. The third kappa shape index (κ3) is 4.07. The van der Waals surface area contributed by atoms with E-state index in [-0.39, 0.29) is 28.5 Å². The van der Waals surface area contributed by atoms with Crippen molar-refractivity contribution in [1.29, 1.82) is 5.41 Å². The van der Waals surface area contributed by atoms with Gasteiger partial charge >= 0.3 is 0 Å². The Balaban J connectivity index is 1.25. The molecule has 0 unspecified atom stereocenters. The Kier molecular flexibility index (Phi) is 5.32. The van der Waals surface area contributed by atoms with Gasteiger partial charge < -0.3 is 25.9 Å². The molecule has 0 spiro atoms. The molecule has 6 nitrogen and oxygen atoms in total. The summed E-state index contributed by atoms with van der Waals surface area (Å²) in [6.07, 6.45) is 4.68. The van der Waals surface area contributed by atoms with Crippen molar-refractivity contribution in [3.63, 3.8) is 0 Å². The molecular formula is C22H23ClFN3O3. The number of nitrogens with two attached hydrogens (primary N) is 1. The summed E-state index contributed by atoms with van der Waals surface area (Å²) in [4.78, 5) is 12.4. The predicted molar refractivity (Wildman–Crippen MR) is 113 cm³/mol. The number of amides is 1. The maximum Gasteiger partial charge on any atom is 0.258 e. The fourth-order valence-corrected chi connectivity index (χ4v) is 4.74. The highest BCUT2D eigenvalue weighted by Crippen LogP contribution is 2.61. The lowest BCUT2D eigenvalue weighted by atomic mass is 9.65. The molecule has 0 saturated heterocycles. The fraction of sp³-hybridized carbons (Fsp3) is 0.364. The van der Waals surface area contributed by atoms with Gasteiger partial charge in [0.2, 0.25) is 0 Å². The maximum atomic E-state index is 13.6. The first-order valence-corrected chi connectivity index (χ1v) is 10.1. The monoisotopic (exact) mass is 431 g/mol. The summed E-state index contributed by atoms with van der Waals surface area (Å²) in [5, 5.41) is 10.4. The Hall–Kier alpha value is -2.80. The number of hydrogen-bond donors (Lipinski definition) is 3. The van der Waals surface area contributed by atoms with Crippen LogP contribution in [0.4, 0.5) is 10.1 Å². The van der Waals surface area contributed by atoms with Gasteiger partial charge in [-0.25, -0.2) is 4.39 Å². The van der Waals surface area contributed by atoms with Gasteiger partial charge in [0.25, 0.3) is 5.91 Å².